The summed E-state index contributed by atoms with van der Waals surface area (Å²) >= 11 is 0. The number of carboxylic acid groups (broad SMARTS) is 1. The minimum atomic E-state index is -1.07. The molecule has 5 nitrogen and oxygen atoms in total. The molecule has 0 aromatic carbocycles. The number of carbonyl (C=O) groups excluding carboxylic acids is 1. The summed E-state index contributed by atoms with van der Waals surface area (Å²) < 4.78 is 2.01. The van der Waals surface area contributed by atoms with Crippen molar-refractivity contribution in [2.24, 2.45) is 0 Å². The van der Waals surface area contributed by atoms with Gasteiger partial charge in [0.05, 0.1) is 18.8 Å². The molecule has 0 spiro atoms. The summed E-state index contributed by atoms with van der Waals surface area (Å²) in [6.07, 6.45) is 5.66. The van der Waals surface area contributed by atoms with Crippen LogP contribution in [0.2, 0.25) is 0 Å². The van der Waals surface area contributed by atoms with Gasteiger partial charge in [-0.15, -0.1) is 0 Å². The van der Waals surface area contributed by atoms with Crippen LogP contribution in [0.15, 0.2) is 24.4 Å². The molecule has 0 aliphatic carbocycles. The van der Waals surface area contributed by atoms with Crippen LogP contribution in [-0.4, -0.2) is 28.4 Å². The molecule has 0 bridgehead atoms. The quantitative estimate of drug-likeness (QED) is 0.793. The zero-order valence-electron chi connectivity index (χ0n) is 11.5. The Labute approximate surface area is 117 Å². The fourth-order valence-electron chi connectivity index (χ4n) is 3.03. The number of hydrogen-bond acceptors (Lipinski definition) is 3. The Morgan fingerprint density at radius 1 is 1.30 bits per heavy atom. The van der Waals surface area contributed by atoms with Gasteiger partial charge in [0, 0.05) is 18.6 Å². The molecule has 0 amide bonds. The monoisotopic (exact) mass is 273 g/mol. The highest BCUT2D eigenvalue weighted by molar-refractivity contribution is 5.68. The molecule has 20 heavy (non-hydrogen) atoms. The number of aliphatic carboxylic acids is 1. The van der Waals surface area contributed by atoms with Crippen LogP contribution < -0.4 is 10.0 Å². The lowest BCUT2D eigenvalue weighted by Crippen LogP contribution is -3.11. The number of rotatable bonds is 4. The SMILES string of the molecule is O=C([O-])Cc1nc2ccccn2c1C[NH+]1CCCCC1. The van der Waals surface area contributed by atoms with Crippen LogP contribution in [0, 0.1) is 0 Å². The Morgan fingerprint density at radius 3 is 2.85 bits per heavy atom. The lowest BCUT2D eigenvalue weighted by molar-refractivity contribution is -0.918. The van der Waals surface area contributed by atoms with E-state index in [1.807, 2.05) is 28.8 Å². The zero-order valence-corrected chi connectivity index (χ0v) is 11.5. The molecule has 0 saturated carbocycles. The van der Waals surface area contributed by atoms with E-state index >= 15 is 0 Å². The predicted molar refractivity (Wildman–Crippen MR) is 72.2 cm³/mol. The van der Waals surface area contributed by atoms with E-state index in [9.17, 15) is 9.90 Å². The lowest BCUT2D eigenvalue weighted by Gasteiger charge is -2.23. The van der Waals surface area contributed by atoms with Crippen molar-refractivity contribution in [3.05, 3.63) is 35.8 Å². The van der Waals surface area contributed by atoms with Gasteiger partial charge in [-0.2, -0.15) is 0 Å². The number of aromatic nitrogens is 2. The first-order chi connectivity index (χ1) is 9.74. The first-order valence-electron chi connectivity index (χ1n) is 7.22. The van der Waals surface area contributed by atoms with E-state index in [2.05, 4.69) is 4.98 Å². The van der Waals surface area contributed by atoms with Crippen molar-refractivity contribution in [2.45, 2.75) is 32.2 Å². The number of fused-ring (bicyclic) bond motifs is 1. The molecule has 1 aliphatic rings. The minimum Gasteiger partial charge on any atom is -0.550 e. The van der Waals surface area contributed by atoms with Crippen LogP contribution in [0.4, 0.5) is 0 Å². The Morgan fingerprint density at radius 2 is 2.10 bits per heavy atom. The van der Waals surface area contributed by atoms with E-state index in [4.69, 9.17) is 0 Å². The molecule has 5 heteroatoms. The van der Waals surface area contributed by atoms with Gasteiger partial charge in [-0.05, 0) is 31.4 Å². The van der Waals surface area contributed by atoms with E-state index in [0.717, 1.165) is 31.0 Å². The van der Waals surface area contributed by atoms with Gasteiger partial charge in [0.2, 0.25) is 0 Å². The number of nitrogens with zero attached hydrogens (tertiary/aromatic N) is 2. The van der Waals surface area contributed by atoms with Gasteiger partial charge in [-0.1, -0.05) is 6.07 Å². The van der Waals surface area contributed by atoms with Gasteiger partial charge >= 0.3 is 0 Å². The molecule has 3 rings (SSSR count). The Kier molecular flexibility index (Phi) is 3.69. The van der Waals surface area contributed by atoms with Crippen molar-refractivity contribution >= 4 is 11.6 Å². The average molecular weight is 273 g/mol. The topological polar surface area (TPSA) is 61.9 Å². The van der Waals surface area contributed by atoms with E-state index < -0.39 is 5.97 Å². The standard InChI is InChI=1S/C15H19N3O2/c19-15(20)10-12-13(11-17-7-3-1-4-8-17)18-9-5-2-6-14(18)16-12/h2,5-6,9H,1,3-4,7-8,10-11H2,(H,19,20). The maximum absolute atomic E-state index is 10.9. The van der Waals surface area contributed by atoms with E-state index in [1.54, 1.807) is 0 Å². The third-order valence-corrected chi connectivity index (χ3v) is 4.00. The van der Waals surface area contributed by atoms with Crippen LogP contribution in [0.25, 0.3) is 5.65 Å². The molecule has 2 aromatic rings. The Bertz CT molecular complexity index is 615. The third kappa shape index (κ3) is 2.67. The number of pyridine rings is 1. The normalized spacial score (nSPS) is 16.6. The average Bonchev–Trinajstić information content (AvgIpc) is 2.77. The van der Waals surface area contributed by atoms with Crippen molar-refractivity contribution in [3.63, 3.8) is 0 Å². The first kappa shape index (κ1) is 13.1. The van der Waals surface area contributed by atoms with Gasteiger partial charge in [0.1, 0.15) is 17.9 Å². The third-order valence-electron chi connectivity index (χ3n) is 4.00. The number of carboxylic acids is 1. The summed E-state index contributed by atoms with van der Waals surface area (Å²) in [5.41, 5.74) is 2.48. The first-order valence-corrected chi connectivity index (χ1v) is 7.22. The smallest absolute Gasteiger partial charge is 0.137 e. The highest BCUT2D eigenvalue weighted by Gasteiger charge is 2.19. The van der Waals surface area contributed by atoms with Crippen LogP contribution in [0.5, 0.6) is 0 Å². The van der Waals surface area contributed by atoms with Crippen molar-refractivity contribution < 1.29 is 14.8 Å². The molecule has 0 atom stereocenters. The maximum Gasteiger partial charge on any atom is 0.137 e. The van der Waals surface area contributed by atoms with E-state index in [1.165, 1.54) is 24.2 Å². The number of likely N-dealkylation sites (tertiary alicyclic amines) is 1. The zero-order chi connectivity index (χ0) is 13.9. The second-order valence-corrected chi connectivity index (χ2v) is 5.47. The fourth-order valence-corrected chi connectivity index (χ4v) is 3.03. The molecule has 1 aliphatic heterocycles. The van der Waals surface area contributed by atoms with Crippen molar-refractivity contribution in [3.8, 4) is 0 Å². The van der Waals surface area contributed by atoms with Crippen LogP contribution in [0.3, 0.4) is 0 Å². The number of hydrogen-bond donors (Lipinski definition) is 1. The molecule has 1 fully saturated rings. The predicted octanol–water partition coefficient (Wildman–Crippen LogP) is -0.804. The number of nitrogens with one attached hydrogen (secondary N) is 1. The molecule has 1 saturated heterocycles. The summed E-state index contributed by atoms with van der Waals surface area (Å²) in [5, 5.41) is 10.9. The Balaban J connectivity index is 1.94. The molecule has 0 unspecified atom stereocenters. The number of carbonyl (C=O) groups is 1. The largest absolute Gasteiger partial charge is 0.550 e. The molecule has 3 heterocycles. The molecular formula is C15H19N3O2. The van der Waals surface area contributed by atoms with Crippen LogP contribution >= 0.6 is 0 Å². The fraction of sp³-hybridized carbons (Fsp3) is 0.467. The second-order valence-electron chi connectivity index (χ2n) is 5.47. The highest BCUT2D eigenvalue weighted by atomic mass is 16.4. The summed E-state index contributed by atoms with van der Waals surface area (Å²) in [6.45, 7) is 3.16. The number of piperidine rings is 1. The molecule has 0 radical (unpaired) electrons. The van der Waals surface area contributed by atoms with Gasteiger partial charge < -0.3 is 14.8 Å². The lowest BCUT2D eigenvalue weighted by atomic mass is 10.1. The summed E-state index contributed by atoms with van der Waals surface area (Å²) in [6, 6.07) is 5.78. The van der Waals surface area contributed by atoms with Gasteiger partial charge in [0.15, 0.2) is 0 Å². The highest BCUT2D eigenvalue weighted by Crippen LogP contribution is 2.12. The van der Waals surface area contributed by atoms with Gasteiger partial charge in [0.25, 0.3) is 0 Å². The van der Waals surface area contributed by atoms with Crippen molar-refractivity contribution in [2.75, 3.05) is 13.1 Å². The second kappa shape index (κ2) is 5.63. The van der Waals surface area contributed by atoms with Gasteiger partial charge in [-0.25, -0.2) is 4.98 Å². The van der Waals surface area contributed by atoms with Crippen LogP contribution in [0.1, 0.15) is 30.7 Å². The molecular weight excluding hydrogens is 254 g/mol. The minimum absolute atomic E-state index is 0.107. The molecule has 1 N–H and O–H groups in total. The number of imidazole rings is 1. The number of quaternary nitrogens is 1. The van der Waals surface area contributed by atoms with Gasteiger partial charge in [-0.3, -0.25) is 4.40 Å². The van der Waals surface area contributed by atoms with Crippen molar-refractivity contribution in [1.82, 2.24) is 9.38 Å². The molecule has 2 aromatic heterocycles. The van der Waals surface area contributed by atoms with E-state index in [0.29, 0.717) is 5.69 Å². The van der Waals surface area contributed by atoms with Crippen molar-refractivity contribution in [1.29, 1.82) is 0 Å². The maximum atomic E-state index is 10.9. The van der Waals surface area contributed by atoms with E-state index in [-0.39, 0.29) is 6.42 Å². The summed E-state index contributed by atoms with van der Waals surface area (Å²) in [5.74, 6) is -1.07. The molecule has 106 valence electrons. The summed E-state index contributed by atoms with van der Waals surface area (Å²) in [4.78, 5) is 16.9. The Hall–Kier alpha value is -1.88. The van der Waals surface area contributed by atoms with Crippen LogP contribution in [-0.2, 0) is 17.8 Å². The summed E-state index contributed by atoms with van der Waals surface area (Å²) in [7, 11) is 0.